The number of ether oxygens (including phenoxy) is 2. The molecule has 1 saturated heterocycles. The van der Waals surface area contributed by atoms with Gasteiger partial charge in [0, 0.05) is 25.0 Å². The summed E-state index contributed by atoms with van der Waals surface area (Å²) in [5, 5.41) is 0. The van der Waals surface area contributed by atoms with Crippen molar-refractivity contribution in [2.75, 3.05) is 24.6 Å². The van der Waals surface area contributed by atoms with Gasteiger partial charge in [-0.25, -0.2) is 19.6 Å². The van der Waals surface area contributed by atoms with E-state index >= 15 is 0 Å². The largest absolute Gasteiger partial charge is 0.460 e. The second kappa shape index (κ2) is 10.2. The van der Waals surface area contributed by atoms with E-state index in [9.17, 15) is 14.4 Å². The molecule has 0 spiro atoms. The van der Waals surface area contributed by atoms with E-state index in [4.69, 9.17) is 9.47 Å². The van der Waals surface area contributed by atoms with Crippen LogP contribution in [0.5, 0.6) is 0 Å². The van der Waals surface area contributed by atoms with Gasteiger partial charge in [-0.3, -0.25) is 4.79 Å². The average molecular weight is 560 g/mol. The standard InChI is InChI=1S/C31H37N5O5/c1-18-15-21(17-40-29(38)20-9-7-6-8-10-20)36-25(18)26(27(37)24-28(36)32-16-19(2)33-24)34-13-14-35(23-12-11-22(23)34)30(39)41-31(3,4)5/h6-10,16,18,21-23H,11-15,17H2,1-5H3/t18?,21?,22-,23-/m0/s1. The zero-order valence-corrected chi connectivity index (χ0v) is 24.3. The first kappa shape index (κ1) is 27.2. The van der Waals surface area contributed by atoms with E-state index < -0.39 is 5.60 Å². The fourth-order valence-electron chi connectivity index (χ4n) is 6.54. The molecular weight excluding hydrogens is 522 g/mol. The molecule has 2 aromatic heterocycles. The quantitative estimate of drug-likeness (QED) is 0.427. The van der Waals surface area contributed by atoms with E-state index in [1.807, 2.05) is 50.8 Å². The zero-order chi connectivity index (χ0) is 29.1. The first-order chi connectivity index (χ1) is 19.5. The summed E-state index contributed by atoms with van der Waals surface area (Å²) in [7, 11) is 0. The SMILES string of the molecule is Cc1cnc2c(n1)c(=O)c(N1CCN(C(=O)OC(C)(C)C)[C@H]3CC[C@@H]31)c1n2C(COC(=O)c2ccccc2)CC1C. The van der Waals surface area contributed by atoms with Crippen molar-refractivity contribution in [3.8, 4) is 0 Å². The maximum Gasteiger partial charge on any atom is 0.410 e. The van der Waals surface area contributed by atoms with E-state index in [2.05, 4.69) is 26.4 Å². The van der Waals surface area contributed by atoms with E-state index in [0.717, 1.165) is 18.5 Å². The Morgan fingerprint density at radius 2 is 1.80 bits per heavy atom. The molecule has 216 valence electrons. The number of carbonyl (C=O) groups excluding carboxylic acids is 2. The predicted molar refractivity (Wildman–Crippen MR) is 154 cm³/mol. The highest BCUT2D eigenvalue weighted by Gasteiger charge is 2.48. The van der Waals surface area contributed by atoms with E-state index in [0.29, 0.717) is 47.6 Å². The van der Waals surface area contributed by atoms with Gasteiger partial charge in [-0.05, 0) is 59.1 Å². The number of fused-ring (bicyclic) bond motifs is 4. The van der Waals surface area contributed by atoms with Gasteiger partial charge in [0.1, 0.15) is 17.9 Å². The molecule has 4 atom stereocenters. The molecule has 10 nitrogen and oxygen atoms in total. The minimum Gasteiger partial charge on any atom is -0.460 e. The molecule has 1 aromatic carbocycles. The van der Waals surface area contributed by atoms with Crippen molar-refractivity contribution in [3.63, 3.8) is 0 Å². The monoisotopic (exact) mass is 559 g/mol. The number of piperazine rings is 1. The van der Waals surface area contributed by atoms with Crippen molar-refractivity contribution in [1.29, 1.82) is 0 Å². The van der Waals surface area contributed by atoms with Gasteiger partial charge in [0.25, 0.3) is 0 Å². The molecule has 3 aliphatic rings. The van der Waals surface area contributed by atoms with E-state index in [1.54, 1.807) is 18.3 Å². The molecular formula is C31H37N5O5. The molecule has 1 amide bonds. The number of anilines is 1. The average Bonchev–Trinajstić information content (AvgIpc) is 3.23. The van der Waals surface area contributed by atoms with Crippen LogP contribution in [0.4, 0.5) is 10.5 Å². The van der Waals surface area contributed by atoms with Crippen LogP contribution in [0.2, 0.25) is 0 Å². The Bertz CT molecular complexity index is 1560. The lowest BCUT2D eigenvalue weighted by Crippen LogP contribution is -2.67. The molecule has 3 aromatic rings. The number of rotatable bonds is 4. The van der Waals surface area contributed by atoms with Crippen LogP contribution in [0, 0.1) is 6.92 Å². The number of aryl methyl sites for hydroxylation is 1. The molecule has 1 saturated carbocycles. The second-order valence-corrected chi connectivity index (χ2v) is 12.5. The van der Waals surface area contributed by atoms with Crippen LogP contribution in [0.3, 0.4) is 0 Å². The number of nitrogens with zero attached hydrogens (tertiary/aromatic N) is 5. The van der Waals surface area contributed by atoms with Crippen molar-refractivity contribution in [2.45, 2.75) is 83.5 Å². The van der Waals surface area contributed by atoms with Crippen LogP contribution in [0.15, 0.2) is 41.3 Å². The number of hydrogen-bond acceptors (Lipinski definition) is 8. The summed E-state index contributed by atoms with van der Waals surface area (Å²) >= 11 is 0. The van der Waals surface area contributed by atoms with Crippen LogP contribution in [-0.2, 0) is 9.47 Å². The number of aromatic nitrogens is 3. The van der Waals surface area contributed by atoms with Crippen LogP contribution in [0.1, 0.15) is 80.7 Å². The molecule has 0 radical (unpaired) electrons. The minimum atomic E-state index is -0.573. The predicted octanol–water partition coefficient (Wildman–Crippen LogP) is 4.59. The maximum atomic E-state index is 14.2. The molecule has 2 fully saturated rings. The third-order valence-electron chi connectivity index (χ3n) is 8.41. The highest BCUT2D eigenvalue weighted by molar-refractivity contribution is 5.89. The van der Waals surface area contributed by atoms with Gasteiger partial charge < -0.3 is 23.8 Å². The van der Waals surface area contributed by atoms with E-state index in [1.165, 1.54) is 0 Å². The van der Waals surface area contributed by atoms with Gasteiger partial charge in [-0.15, -0.1) is 0 Å². The molecule has 1 aliphatic carbocycles. The van der Waals surface area contributed by atoms with Crippen molar-refractivity contribution >= 4 is 28.9 Å². The lowest BCUT2D eigenvalue weighted by atomic mass is 9.81. The minimum absolute atomic E-state index is 0.0164. The van der Waals surface area contributed by atoms with Crippen molar-refractivity contribution in [3.05, 3.63) is 63.7 Å². The third kappa shape index (κ3) is 4.83. The van der Waals surface area contributed by atoms with Crippen molar-refractivity contribution in [2.24, 2.45) is 0 Å². The molecule has 2 aliphatic heterocycles. The first-order valence-electron chi connectivity index (χ1n) is 14.4. The zero-order valence-electron chi connectivity index (χ0n) is 24.3. The summed E-state index contributed by atoms with van der Waals surface area (Å²) in [4.78, 5) is 53.3. The Kier molecular flexibility index (Phi) is 6.74. The van der Waals surface area contributed by atoms with Gasteiger partial charge in [-0.1, -0.05) is 25.1 Å². The normalized spacial score (nSPS) is 23.5. The maximum absolute atomic E-state index is 14.2. The van der Waals surface area contributed by atoms with Gasteiger partial charge in [0.2, 0.25) is 5.43 Å². The van der Waals surface area contributed by atoms with Crippen LogP contribution in [0.25, 0.3) is 11.2 Å². The molecule has 10 heteroatoms. The highest BCUT2D eigenvalue weighted by atomic mass is 16.6. The van der Waals surface area contributed by atoms with Crippen LogP contribution < -0.4 is 10.3 Å². The fourth-order valence-corrected chi connectivity index (χ4v) is 6.54. The topological polar surface area (TPSA) is 107 Å². The fraction of sp³-hybridized carbons (Fsp3) is 0.516. The van der Waals surface area contributed by atoms with Gasteiger partial charge in [0.15, 0.2) is 11.2 Å². The summed E-state index contributed by atoms with van der Waals surface area (Å²) in [5.74, 6) is -0.345. The Morgan fingerprint density at radius 1 is 1.07 bits per heavy atom. The summed E-state index contributed by atoms with van der Waals surface area (Å²) in [6.45, 7) is 10.7. The Balaban J connectivity index is 1.37. The smallest absolute Gasteiger partial charge is 0.410 e. The Labute approximate surface area is 239 Å². The lowest BCUT2D eigenvalue weighted by molar-refractivity contribution is -0.00452. The lowest BCUT2D eigenvalue weighted by Gasteiger charge is -2.54. The summed E-state index contributed by atoms with van der Waals surface area (Å²) in [5.41, 5.74) is 2.83. The molecule has 41 heavy (non-hydrogen) atoms. The Hall–Kier alpha value is -3.95. The second-order valence-electron chi connectivity index (χ2n) is 12.5. The molecule has 0 bridgehead atoms. The summed E-state index contributed by atoms with van der Waals surface area (Å²) < 4.78 is 13.5. The summed E-state index contributed by atoms with van der Waals surface area (Å²) in [6.07, 6.45) is 3.82. The van der Waals surface area contributed by atoms with Crippen molar-refractivity contribution in [1.82, 2.24) is 19.4 Å². The van der Waals surface area contributed by atoms with Crippen molar-refractivity contribution < 1.29 is 19.1 Å². The third-order valence-corrected chi connectivity index (χ3v) is 8.41. The number of benzene rings is 1. The summed E-state index contributed by atoms with van der Waals surface area (Å²) in [6, 6.07) is 8.76. The van der Waals surface area contributed by atoms with Gasteiger partial charge in [0.05, 0.1) is 35.2 Å². The number of esters is 1. The van der Waals surface area contributed by atoms with Crippen LogP contribution in [-0.4, -0.2) is 68.9 Å². The number of pyridine rings is 1. The highest BCUT2D eigenvalue weighted by Crippen LogP contribution is 2.45. The molecule has 6 rings (SSSR count). The van der Waals surface area contributed by atoms with Gasteiger partial charge in [-0.2, -0.15) is 0 Å². The van der Waals surface area contributed by atoms with E-state index in [-0.39, 0.29) is 48.1 Å². The number of amides is 1. The molecule has 0 N–H and O–H groups in total. The Morgan fingerprint density at radius 3 is 2.49 bits per heavy atom. The van der Waals surface area contributed by atoms with Crippen LogP contribution >= 0.6 is 0 Å². The first-order valence-corrected chi connectivity index (χ1v) is 14.4. The number of hydrogen-bond donors (Lipinski definition) is 0. The number of carbonyl (C=O) groups is 2. The molecule has 4 heterocycles. The van der Waals surface area contributed by atoms with Gasteiger partial charge >= 0.3 is 12.1 Å². The molecule has 2 unspecified atom stereocenters.